The van der Waals surface area contributed by atoms with Crippen molar-refractivity contribution in [2.75, 3.05) is 30.8 Å². The molecule has 0 atom stereocenters. The predicted molar refractivity (Wildman–Crippen MR) is 108 cm³/mol. The molecular formula is C21H25N3O3. The summed E-state index contributed by atoms with van der Waals surface area (Å²) in [6.45, 7) is 6.69. The molecule has 0 heterocycles. The number of anilines is 2. The molecule has 6 heteroatoms. The SMILES string of the molecule is C=CCN(CC(=O)Nc1ccc(NC(C)=O)cc1)Cc1ccc(OC)cc1. The number of nitrogens with zero attached hydrogens (tertiary/aromatic N) is 1. The van der Waals surface area contributed by atoms with E-state index in [1.165, 1.54) is 6.92 Å². The molecule has 0 saturated heterocycles. The molecule has 0 bridgehead atoms. The van der Waals surface area contributed by atoms with Gasteiger partial charge in [0.1, 0.15) is 5.75 Å². The van der Waals surface area contributed by atoms with Crippen LogP contribution in [0.15, 0.2) is 61.2 Å². The smallest absolute Gasteiger partial charge is 0.238 e. The van der Waals surface area contributed by atoms with Crippen LogP contribution in [-0.2, 0) is 16.1 Å². The standard InChI is InChI=1S/C21H25N3O3/c1-4-13-24(14-17-5-11-20(27-3)12-6-17)15-21(26)23-19-9-7-18(8-10-19)22-16(2)25/h4-12H,1,13-15H2,2-3H3,(H,22,25)(H,23,26). The summed E-state index contributed by atoms with van der Waals surface area (Å²) in [6.07, 6.45) is 1.78. The van der Waals surface area contributed by atoms with Gasteiger partial charge in [-0.2, -0.15) is 0 Å². The first kappa shape index (κ1) is 20.2. The van der Waals surface area contributed by atoms with Crippen LogP contribution in [-0.4, -0.2) is 36.9 Å². The number of nitrogens with one attached hydrogen (secondary N) is 2. The minimum atomic E-state index is -0.134. The van der Waals surface area contributed by atoms with Crippen molar-refractivity contribution in [1.29, 1.82) is 0 Å². The van der Waals surface area contributed by atoms with Crippen LogP contribution in [0.2, 0.25) is 0 Å². The largest absolute Gasteiger partial charge is 0.497 e. The fourth-order valence-electron chi connectivity index (χ4n) is 2.60. The Morgan fingerprint density at radius 3 is 2.15 bits per heavy atom. The molecule has 2 amide bonds. The van der Waals surface area contributed by atoms with E-state index in [9.17, 15) is 9.59 Å². The van der Waals surface area contributed by atoms with Gasteiger partial charge in [-0.1, -0.05) is 18.2 Å². The van der Waals surface area contributed by atoms with Gasteiger partial charge in [0, 0.05) is 31.4 Å². The topological polar surface area (TPSA) is 70.7 Å². The first-order chi connectivity index (χ1) is 13.0. The summed E-state index contributed by atoms with van der Waals surface area (Å²) in [5.41, 5.74) is 2.45. The molecular weight excluding hydrogens is 342 g/mol. The number of carbonyl (C=O) groups excluding carboxylic acids is 2. The zero-order chi connectivity index (χ0) is 19.6. The van der Waals surface area contributed by atoms with Crippen molar-refractivity contribution < 1.29 is 14.3 Å². The molecule has 0 fully saturated rings. The van der Waals surface area contributed by atoms with Crippen molar-refractivity contribution in [3.63, 3.8) is 0 Å². The van der Waals surface area contributed by atoms with Crippen LogP contribution >= 0.6 is 0 Å². The number of hydrogen-bond donors (Lipinski definition) is 2. The van der Waals surface area contributed by atoms with Crippen LogP contribution in [0.3, 0.4) is 0 Å². The monoisotopic (exact) mass is 367 g/mol. The Morgan fingerprint density at radius 1 is 1.04 bits per heavy atom. The summed E-state index contributed by atoms with van der Waals surface area (Å²) in [5, 5.41) is 5.56. The van der Waals surface area contributed by atoms with E-state index in [4.69, 9.17) is 4.74 Å². The molecule has 0 saturated carbocycles. The van der Waals surface area contributed by atoms with E-state index in [0.717, 1.165) is 11.3 Å². The van der Waals surface area contributed by atoms with Crippen LogP contribution in [0.5, 0.6) is 5.75 Å². The highest BCUT2D eigenvalue weighted by molar-refractivity contribution is 5.93. The Labute approximate surface area is 159 Å². The Hall–Kier alpha value is -3.12. The van der Waals surface area contributed by atoms with Gasteiger partial charge >= 0.3 is 0 Å². The number of hydrogen-bond acceptors (Lipinski definition) is 4. The molecule has 0 unspecified atom stereocenters. The van der Waals surface area contributed by atoms with Gasteiger partial charge in [0.2, 0.25) is 11.8 Å². The number of carbonyl (C=O) groups is 2. The third-order valence-electron chi connectivity index (χ3n) is 3.81. The van der Waals surface area contributed by atoms with Crippen LogP contribution in [0.1, 0.15) is 12.5 Å². The van der Waals surface area contributed by atoms with Gasteiger partial charge < -0.3 is 15.4 Å². The summed E-state index contributed by atoms with van der Waals surface area (Å²) >= 11 is 0. The molecule has 2 rings (SSSR count). The first-order valence-corrected chi connectivity index (χ1v) is 8.64. The highest BCUT2D eigenvalue weighted by Gasteiger charge is 2.11. The Kier molecular flexibility index (Phi) is 7.58. The van der Waals surface area contributed by atoms with E-state index in [1.54, 1.807) is 37.5 Å². The average molecular weight is 367 g/mol. The average Bonchev–Trinajstić information content (AvgIpc) is 2.63. The zero-order valence-electron chi connectivity index (χ0n) is 15.7. The maximum absolute atomic E-state index is 12.4. The van der Waals surface area contributed by atoms with Crippen molar-refractivity contribution in [3.8, 4) is 5.75 Å². The van der Waals surface area contributed by atoms with E-state index in [0.29, 0.717) is 24.5 Å². The molecule has 2 aromatic rings. The molecule has 2 N–H and O–H groups in total. The summed E-state index contributed by atoms with van der Waals surface area (Å²) in [4.78, 5) is 25.4. The van der Waals surface area contributed by atoms with E-state index < -0.39 is 0 Å². The van der Waals surface area contributed by atoms with Gasteiger partial charge in [-0.25, -0.2) is 0 Å². The second-order valence-corrected chi connectivity index (χ2v) is 6.11. The van der Waals surface area contributed by atoms with E-state index in [2.05, 4.69) is 17.2 Å². The van der Waals surface area contributed by atoms with Crippen LogP contribution in [0, 0.1) is 0 Å². The lowest BCUT2D eigenvalue weighted by atomic mass is 10.2. The second-order valence-electron chi connectivity index (χ2n) is 6.11. The van der Waals surface area contributed by atoms with E-state index >= 15 is 0 Å². The molecule has 6 nitrogen and oxygen atoms in total. The van der Waals surface area contributed by atoms with Crippen molar-refractivity contribution in [1.82, 2.24) is 4.90 Å². The lowest BCUT2D eigenvalue weighted by Gasteiger charge is -2.20. The van der Waals surface area contributed by atoms with Crippen LogP contribution in [0.25, 0.3) is 0 Å². The van der Waals surface area contributed by atoms with Crippen molar-refractivity contribution >= 4 is 23.2 Å². The van der Waals surface area contributed by atoms with Gasteiger partial charge in [0.25, 0.3) is 0 Å². The zero-order valence-corrected chi connectivity index (χ0v) is 15.7. The minimum Gasteiger partial charge on any atom is -0.497 e. The highest BCUT2D eigenvalue weighted by Crippen LogP contribution is 2.15. The number of rotatable bonds is 9. The maximum Gasteiger partial charge on any atom is 0.238 e. The predicted octanol–water partition coefficient (Wildman–Crippen LogP) is 3.28. The number of benzene rings is 2. The van der Waals surface area contributed by atoms with Gasteiger partial charge in [0.05, 0.1) is 13.7 Å². The lowest BCUT2D eigenvalue weighted by Crippen LogP contribution is -2.33. The van der Waals surface area contributed by atoms with Crippen molar-refractivity contribution in [2.45, 2.75) is 13.5 Å². The molecule has 2 aromatic carbocycles. The molecule has 0 aliphatic carbocycles. The van der Waals surface area contributed by atoms with E-state index in [1.807, 2.05) is 29.2 Å². The number of ether oxygens (including phenoxy) is 1. The maximum atomic E-state index is 12.4. The number of amides is 2. The molecule has 0 aliphatic rings. The molecule has 142 valence electrons. The molecule has 0 aliphatic heterocycles. The summed E-state index contributed by atoms with van der Waals surface area (Å²) in [7, 11) is 1.63. The van der Waals surface area contributed by atoms with E-state index in [-0.39, 0.29) is 18.4 Å². The van der Waals surface area contributed by atoms with Gasteiger partial charge in [-0.3, -0.25) is 14.5 Å². The summed E-state index contributed by atoms with van der Waals surface area (Å²) in [6, 6.07) is 14.8. The summed E-state index contributed by atoms with van der Waals surface area (Å²) < 4.78 is 5.17. The Bertz CT molecular complexity index is 770. The minimum absolute atomic E-state index is 0.113. The fourth-order valence-corrected chi connectivity index (χ4v) is 2.60. The lowest BCUT2D eigenvalue weighted by molar-refractivity contribution is -0.117. The molecule has 27 heavy (non-hydrogen) atoms. The normalized spacial score (nSPS) is 10.3. The molecule has 0 aromatic heterocycles. The van der Waals surface area contributed by atoms with Gasteiger partial charge in [0.15, 0.2) is 0 Å². The molecule has 0 spiro atoms. The van der Waals surface area contributed by atoms with Crippen molar-refractivity contribution in [2.24, 2.45) is 0 Å². The quantitative estimate of drug-likeness (QED) is 0.667. The van der Waals surface area contributed by atoms with Crippen LogP contribution in [0.4, 0.5) is 11.4 Å². The van der Waals surface area contributed by atoms with Crippen molar-refractivity contribution in [3.05, 3.63) is 66.7 Å². The fraction of sp³-hybridized carbons (Fsp3) is 0.238. The highest BCUT2D eigenvalue weighted by atomic mass is 16.5. The number of methoxy groups -OCH3 is 1. The Balaban J connectivity index is 1.93. The van der Waals surface area contributed by atoms with Crippen LogP contribution < -0.4 is 15.4 Å². The van der Waals surface area contributed by atoms with Gasteiger partial charge in [-0.15, -0.1) is 6.58 Å². The third kappa shape index (κ3) is 6.95. The second kappa shape index (κ2) is 10.1. The third-order valence-corrected chi connectivity index (χ3v) is 3.81. The molecule has 0 radical (unpaired) electrons. The van der Waals surface area contributed by atoms with Gasteiger partial charge in [-0.05, 0) is 42.0 Å². The summed E-state index contributed by atoms with van der Waals surface area (Å²) in [5.74, 6) is 0.553. The first-order valence-electron chi connectivity index (χ1n) is 8.64. The Morgan fingerprint density at radius 2 is 1.63 bits per heavy atom.